The Kier molecular flexibility index (Phi) is 3.50. The summed E-state index contributed by atoms with van der Waals surface area (Å²) in [7, 11) is 1.61. The number of rotatable bonds is 3. The molecule has 0 aliphatic carbocycles. The molecule has 2 aromatic rings. The minimum Gasteiger partial charge on any atom is -0.497 e. The summed E-state index contributed by atoms with van der Waals surface area (Å²) in [5.41, 5.74) is 7.89. The summed E-state index contributed by atoms with van der Waals surface area (Å²) < 4.78 is 12.3. The number of nitrogens with two attached hydrogens (primary N) is 1. The number of nitrogens with zero attached hydrogens (tertiary/aromatic N) is 3. The number of nitrogen functional groups attached to an aromatic ring is 1. The van der Waals surface area contributed by atoms with Crippen LogP contribution in [0.5, 0.6) is 5.75 Å². The predicted octanol–water partition coefficient (Wildman–Crippen LogP) is 2.19. The van der Waals surface area contributed by atoms with Crippen LogP contribution < -0.4 is 10.5 Å². The maximum atomic E-state index is 9.34. The Morgan fingerprint density at radius 3 is 2.76 bits per heavy atom. The Balaban J connectivity index is 2.04. The third kappa shape index (κ3) is 2.32. The maximum Gasteiger partial charge on any atom is 0.145 e. The van der Waals surface area contributed by atoms with E-state index in [1.54, 1.807) is 11.8 Å². The van der Waals surface area contributed by atoms with Crippen molar-refractivity contribution in [1.29, 1.82) is 5.26 Å². The average molecular weight is 284 g/mol. The van der Waals surface area contributed by atoms with E-state index in [0.717, 1.165) is 24.3 Å². The van der Waals surface area contributed by atoms with E-state index in [0.29, 0.717) is 23.7 Å². The summed E-state index contributed by atoms with van der Waals surface area (Å²) in [5, 5.41) is 13.8. The van der Waals surface area contributed by atoms with Crippen LogP contribution >= 0.6 is 0 Å². The van der Waals surface area contributed by atoms with Crippen LogP contribution in [0.15, 0.2) is 24.3 Å². The standard InChI is InChI=1S/C15H16N4O2/c1-20-11-6-4-10(5-7-11)19-15(17)12(9-16)14(18-19)13-3-2-8-21-13/h4-7,13H,2-3,8,17H2,1H3. The third-order valence-corrected chi connectivity index (χ3v) is 3.61. The zero-order valence-corrected chi connectivity index (χ0v) is 11.7. The normalized spacial score (nSPS) is 17.6. The van der Waals surface area contributed by atoms with E-state index < -0.39 is 0 Å². The van der Waals surface area contributed by atoms with Crippen molar-refractivity contribution < 1.29 is 9.47 Å². The first-order chi connectivity index (χ1) is 10.2. The van der Waals surface area contributed by atoms with E-state index in [9.17, 15) is 5.26 Å². The molecule has 1 saturated heterocycles. The first-order valence-electron chi connectivity index (χ1n) is 6.79. The summed E-state index contributed by atoms with van der Waals surface area (Å²) in [5.74, 6) is 1.09. The summed E-state index contributed by atoms with van der Waals surface area (Å²) in [6.07, 6.45) is 1.71. The predicted molar refractivity (Wildman–Crippen MR) is 77.2 cm³/mol. The van der Waals surface area contributed by atoms with Crippen LogP contribution in [0.3, 0.4) is 0 Å². The van der Waals surface area contributed by atoms with Crippen molar-refractivity contribution in [2.45, 2.75) is 18.9 Å². The number of methoxy groups -OCH3 is 1. The van der Waals surface area contributed by atoms with Gasteiger partial charge in [-0.2, -0.15) is 10.4 Å². The fourth-order valence-corrected chi connectivity index (χ4v) is 2.50. The molecule has 1 unspecified atom stereocenters. The highest BCUT2D eigenvalue weighted by molar-refractivity contribution is 5.57. The molecule has 0 bridgehead atoms. The van der Waals surface area contributed by atoms with Crippen molar-refractivity contribution in [3.05, 3.63) is 35.5 Å². The SMILES string of the molecule is COc1ccc(-n2nc(C3CCCO3)c(C#N)c2N)cc1. The summed E-state index contributed by atoms with van der Waals surface area (Å²) >= 11 is 0. The van der Waals surface area contributed by atoms with Gasteiger partial charge in [0.2, 0.25) is 0 Å². The van der Waals surface area contributed by atoms with Gasteiger partial charge in [0, 0.05) is 6.61 Å². The quantitative estimate of drug-likeness (QED) is 0.933. The fourth-order valence-electron chi connectivity index (χ4n) is 2.50. The van der Waals surface area contributed by atoms with Crippen LogP contribution in [-0.2, 0) is 4.74 Å². The molecule has 3 rings (SSSR count). The van der Waals surface area contributed by atoms with Crippen LogP contribution in [0.4, 0.5) is 5.82 Å². The highest BCUT2D eigenvalue weighted by Crippen LogP contribution is 2.33. The molecule has 6 heteroatoms. The molecule has 1 aliphatic rings. The molecule has 108 valence electrons. The molecule has 2 N–H and O–H groups in total. The Morgan fingerprint density at radius 2 is 2.19 bits per heavy atom. The van der Waals surface area contributed by atoms with Crippen molar-refractivity contribution in [2.24, 2.45) is 0 Å². The molecule has 0 radical (unpaired) electrons. The van der Waals surface area contributed by atoms with Crippen LogP contribution in [-0.4, -0.2) is 23.5 Å². The molecule has 1 aliphatic heterocycles. The van der Waals surface area contributed by atoms with Crippen LogP contribution in [0.25, 0.3) is 5.69 Å². The minimum atomic E-state index is -0.138. The summed E-state index contributed by atoms with van der Waals surface area (Å²) in [6, 6.07) is 9.50. The van der Waals surface area contributed by atoms with Crippen molar-refractivity contribution in [1.82, 2.24) is 9.78 Å². The average Bonchev–Trinajstić information content (AvgIpc) is 3.15. The molecule has 0 saturated carbocycles. The number of benzene rings is 1. The molecule has 6 nitrogen and oxygen atoms in total. The lowest BCUT2D eigenvalue weighted by Crippen LogP contribution is -2.03. The van der Waals surface area contributed by atoms with Crippen molar-refractivity contribution in [3.8, 4) is 17.5 Å². The molecule has 0 amide bonds. The van der Waals surface area contributed by atoms with Gasteiger partial charge in [0.25, 0.3) is 0 Å². The largest absolute Gasteiger partial charge is 0.497 e. The Bertz CT molecular complexity index is 679. The molecular formula is C15H16N4O2. The van der Waals surface area contributed by atoms with E-state index in [1.165, 1.54) is 0 Å². The second-order valence-corrected chi connectivity index (χ2v) is 4.87. The second-order valence-electron chi connectivity index (χ2n) is 4.87. The van der Waals surface area contributed by atoms with E-state index in [-0.39, 0.29) is 6.10 Å². The maximum absolute atomic E-state index is 9.34. The number of anilines is 1. The van der Waals surface area contributed by atoms with Crippen molar-refractivity contribution in [3.63, 3.8) is 0 Å². The lowest BCUT2D eigenvalue weighted by molar-refractivity contribution is 0.108. The van der Waals surface area contributed by atoms with Gasteiger partial charge < -0.3 is 15.2 Å². The van der Waals surface area contributed by atoms with E-state index in [2.05, 4.69) is 11.2 Å². The Labute approximate surface area is 122 Å². The zero-order chi connectivity index (χ0) is 14.8. The number of ether oxygens (including phenoxy) is 2. The van der Waals surface area contributed by atoms with Crippen molar-refractivity contribution >= 4 is 5.82 Å². The summed E-state index contributed by atoms with van der Waals surface area (Å²) in [4.78, 5) is 0. The van der Waals surface area contributed by atoms with Gasteiger partial charge in [0.05, 0.1) is 12.8 Å². The van der Waals surface area contributed by atoms with E-state index in [4.69, 9.17) is 15.2 Å². The fraction of sp³-hybridized carbons (Fsp3) is 0.333. The first kappa shape index (κ1) is 13.5. The van der Waals surface area contributed by atoms with Gasteiger partial charge in [0.15, 0.2) is 0 Å². The van der Waals surface area contributed by atoms with Gasteiger partial charge in [-0.05, 0) is 37.1 Å². The van der Waals surface area contributed by atoms with Gasteiger partial charge in [-0.25, -0.2) is 4.68 Å². The number of hydrogen-bond donors (Lipinski definition) is 1. The molecule has 2 heterocycles. The molecule has 1 atom stereocenters. The summed E-state index contributed by atoms with van der Waals surface area (Å²) in [6.45, 7) is 0.699. The van der Waals surface area contributed by atoms with E-state index in [1.807, 2.05) is 24.3 Å². The first-order valence-corrected chi connectivity index (χ1v) is 6.79. The monoisotopic (exact) mass is 284 g/mol. The smallest absolute Gasteiger partial charge is 0.145 e. The number of hydrogen-bond acceptors (Lipinski definition) is 5. The zero-order valence-electron chi connectivity index (χ0n) is 11.7. The topological polar surface area (TPSA) is 86.1 Å². The molecule has 0 spiro atoms. The van der Waals surface area contributed by atoms with Gasteiger partial charge >= 0.3 is 0 Å². The minimum absolute atomic E-state index is 0.138. The van der Waals surface area contributed by atoms with Gasteiger partial charge in [0.1, 0.15) is 35.0 Å². The van der Waals surface area contributed by atoms with Crippen LogP contribution in [0, 0.1) is 11.3 Å². The molecular weight excluding hydrogens is 268 g/mol. The van der Waals surface area contributed by atoms with Gasteiger partial charge in [-0.15, -0.1) is 0 Å². The number of nitriles is 1. The Hall–Kier alpha value is -2.52. The lowest BCUT2D eigenvalue weighted by Gasteiger charge is -2.06. The molecule has 1 aromatic carbocycles. The third-order valence-electron chi connectivity index (χ3n) is 3.61. The highest BCUT2D eigenvalue weighted by atomic mass is 16.5. The molecule has 1 fully saturated rings. The van der Waals surface area contributed by atoms with Crippen LogP contribution in [0.2, 0.25) is 0 Å². The van der Waals surface area contributed by atoms with Gasteiger partial charge in [-0.1, -0.05) is 0 Å². The van der Waals surface area contributed by atoms with E-state index >= 15 is 0 Å². The van der Waals surface area contributed by atoms with Crippen molar-refractivity contribution in [2.75, 3.05) is 19.5 Å². The Morgan fingerprint density at radius 1 is 1.43 bits per heavy atom. The van der Waals surface area contributed by atoms with Gasteiger partial charge in [-0.3, -0.25) is 0 Å². The number of aromatic nitrogens is 2. The molecule has 21 heavy (non-hydrogen) atoms. The van der Waals surface area contributed by atoms with Crippen LogP contribution in [0.1, 0.15) is 30.2 Å². The molecule has 1 aromatic heterocycles. The lowest BCUT2D eigenvalue weighted by atomic mass is 10.1. The second kappa shape index (κ2) is 5.46. The highest BCUT2D eigenvalue weighted by Gasteiger charge is 2.27.